The van der Waals surface area contributed by atoms with E-state index in [1.165, 1.54) is 42.4 Å². The van der Waals surface area contributed by atoms with Gasteiger partial charge in [0.15, 0.2) is 0 Å². The van der Waals surface area contributed by atoms with Crippen molar-refractivity contribution in [2.24, 2.45) is 5.92 Å². The molecule has 1 nitrogen and oxygen atoms in total. The molecule has 1 aliphatic carbocycles. The summed E-state index contributed by atoms with van der Waals surface area (Å²) >= 11 is 0. The molecule has 0 N–H and O–H groups in total. The summed E-state index contributed by atoms with van der Waals surface area (Å²) in [6.07, 6.45) is 9.65. The zero-order valence-corrected chi connectivity index (χ0v) is 12.6. The van der Waals surface area contributed by atoms with Crippen molar-refractivity contribution in [1.82, 2.24) is 0 Å². The maximum atomic E-state index is 5.20. The fourth-order valence-corrected chi connectivity index (χ4v) is 2.99. The van der Waals surface area contributed by atoms with Crippen molar-refractivity contribution in [2.45, 2.75) is 25.7 Å². The zero-order chi connectivity index (χ0) is 14.5. The minimum absolute atomic E-state index is 0.821. The maximum absolute atomic E-state index is 5.20. The van der Waals surface area contributed by atoms with E-state index >= 15 is 0 Å². The normalized spacial score (nSPS) is 17.7. The molecule has 1 unspecified atom stereocenters. The van der Waals surface area contributed by atoms with Gasteiger partial charge in [0, 0.05) is 0 Å². The highest BCUT2D eigenvalue weighted by Gasteiger charge is 2.10. The Labute approximate surface area is 127 Å². The Kier molecular flexibility index (Phi) is 4.40. The summed E-state index contributed by atoms with van der Waals surface area (Å²) in [7, 11) is 1.70. The molecule has 2 aromatic rings. The summed E-state index contributed by atoms with van der Waals surface area (Å²) in [4.78, 5) is 0. The predicted octanol–water partition coefficient (Wildman–Crippen LogP) is 5.26. The van der Waals surface area contributed by atoms with Crippen LogP contribution in [-0.4, -0.2) is 7.11 Å². The molecule has 0 radical (unpaired) electrons. The molecule has 0 heterocycles. The van der Waals surface area contributed by atoms with Crippen molar-refractivity contribution >= 4 is 0 Å². The molecule has 0 bridgehead atoms. The first-order valence-corrected chi connectivity index (χ1v) is 7.73. The predicted molar refractivity (Wildman–Crippen MR) is 88.6 cm³/mol. The van der Waals surface area contributed by atoms with Gasteiger partial charge in [-0.3, -0.25) is 0 Å². The van der Waals surface area contributed by atoms with E-state index in [2.05, 4.69) is 48.6 Å². The first kappa shape index (κ1) is 13.9. The Morgan fingerprint density at radius 3 is 2.14 bits per heavy atom. The van der Waals surface area contributed by atoms with E-state index in [0.29, 0.717) is 0 Å². The van der Waals surface area contributed by atoms with Crippen LogP contribution in [0.2, 0.25) is 0 Å². The Morgan fingerprint density at radius 1 is 0.905 bits per heavy atom. The van der Waals surface area contributed by atoms with Crippen LogP contribution in [0.4, 0.5) is 0 Å². The molecule has 1 aliphatic rings. The number of rotatable bonds is 4. The van der Waals surface area contributed by atoms with Crippen LogP contribution < -0.4 is 4.74 Å². The summed E-state index contributed by atoms with van der Waals surface area (Å²) in [5.41, 5.74) is 3.96. The lowest BCUT2D eigenvalue weighted by Crippen LogP contribution is -2.06. The topological polar surface area (TPSA) is 9.23 Å². The lowest BCUT2D eigenvalue weighted by Gasteiger charge is -2.17. The Morgan fingerprint density at radius 2 is 1.57 bits per heavy atom. The summed E-state index contributed by atoms with van der Waals surface area (Å²) in [5, 5.41) is 0. The second-order valence-corrected chi connectivity index (χ2v) is 5.78. The van der Waals surface area contributed by atoms with Crippen molar-refractivity contribution in [3.8, 4) is 16.9 Å². The minimum Gasteiger partial charge on any atom is -0.497 e. The summed E-state index contributed by atoms with van der Waals surface area (Å²) in [6, 6.07) is 17.3. The standard InChI is InChI=1S/C20H22O/c1-21-20-13-11-19(12-14-20)18-9-7-17(8-10-18)15-16-5-3-2-4-6-16/h2-3,7-14,16H,4-6,15H2,1H3. The highest BCUT2D eigenvalue weighted by Crippen LogP contribution is 2.26. The monoisotopic (exact) mass is 278 g/mol. The van der Waals surface area contributed by atoms with E-state index in [-0.39, 0.29) is 0 Å². The van der Waals surface area contributed by atoms with Crippen molar-refractivity contribution in [2.75, 3.05) is 7.11 Å². The molecule has 0 aliphatic heterocycles. The lowest BCUT2D eigenvalue weighted by atomic mass is 9.88. The number of hydrogen-bond donors (Lipinski definition) is 0. The maximum Gasteiger partial charge on any atom is 0.118 e. The van der Waals surface area contributed by atoms with Crippen LogP contribution in [0.3, 0.4) is 0 Å². The Bertz CT molecular complexity index is 593. The van der Waals surface area contributed by atoms with Crippen LogP contribution in [0.15, 0.2) is 60.7 Å². The van der Waals surface area contributed by atoms with Crippen molar-refractivity contribution in [3.05, 3.63) is 66.2 Å². The molecule has 0 saturated carbocycles. The fraction of sp³-hybridized carbons (Fsp3) is 0.300. The molecule has 3 rings (SSSR count). The largest absolute Gasteiger partial charge is 0.497 e. The first-order chi connectivity index (χ1) is 10.3. The van der Waals surface area contributed by atoms with E-state index in [1.54, 1.807) is 7.11 Å². The summed E-state index contributed by atoms with van der Waals surface area (Å²) in [6.45, 7) is 0. The summed E-state index contributed by atoms with van der Waals surface area (Å²) in [5.74, 6) is 1.72. The zero-order valence-electron chi connectivity index (χ0n) is 12.6. The molecule has 1 heteroatoms. The molecule has 108 valence electrons. The van der Waals surface area contributed by atoms with E-state index in [0.717, 1.165) is 11.7 Å². The van der Waals surface area contributed by atoms with Crippen LogP contribution in [0.5, 0.6) is 5.75 Å². The number of methoxy groups -OCH3 is 1. The van der Waals surface area contributed by atoms with E-state index < -0.39 is 0 Å². The molecular formula is C20H22O. The van der Waals surface area contributed by atoms with Gasteiger partial charge in [-0.25, -0.2) is 0 Å². The van der Waals surface area contributed by atoms with Gasteiger partial charge in [-0.1, -0.05) is 48.6 Å². The molecule has 1 atom stereocenters. The number of allylic oxidation sites excluding steroid dienone is 2. The van der Waals surface area contributed by atoms with Gasteiger partial charge in [0.2, 0.25) is 0 Å². The number of ether oxygens (including phenoxy) is 1. The summed E-state index contributed by atoms with van der Waals surface area (Å²) < 4.78 is 5.20. The van der Waals surface area contributed by atoms with Crippen molar-refractivity contribution < 1.29 is 4.74 Å². The van der Waals surface area contributed by atoms with Crippen LogP contribution in [-0.2, 0) is 6.42 Å². The Balaban J connectivity index is 1.69. The van der Waals surface area contributed by atoms with Gasteiger partial charge in [-0.15, -0.1) is 0 Å². The average molecular weight is 278 g/mol. The smallest absolute Gasteiger partial charge is 0.118 e. The molecule has 0 aromatic heterocycles. The average Bonchev–Trinajstić information content (AvgIpc) is 2.57. The van der Waals surface area contributed by atoms with Gasteiger partial charge in [0.25, 0.3) is 0 Å². The molecule has 2 aromatic carbocycles. The molecule has 0 saturated heterocycles. The van der Waals surface area contributed by atoms with E-state index in [1.807, 2.05) is 12.1 Å². The second kappa shape index (κ2) is 6.62. The molecule has 0 amide bonds. The Hall–Kier alpha value is -2.02. The minimum atomic E-state index is 0.821. The molecule has 0 fully saturated rings. The van der Waals surface area contributed by atoms with Crippen LogP contribution in [0.25, 0.3) is 11.1 Å². The van der Waals surface area contributed by atoms with E-state index in [4.69, 9.17) is 4.74 Å². The van der Waals surface area contributed by atoms with E-state index in [9.17, 15) is 0 Å². The number of benzene rings is 2. The highest BCUT2D eigenvalue weighted by atomic mass is 16.5. The third-order valence-corrected chi connectivity index (χ3v) is 4.28. The SMILES string of the molecule is COc1ccc(-c2ccc(CC3CC=CCC3)cc2)cc1. The molecule has 0 spiro atoms. The van der Waals surface area contributed by atoms with Gasteiger partial charge >= 0.3 is 0 Å². The first-order valence-electron chi connectivity index (χ1n) is 7.73. The van der Waals surface area contributed by atoms with Gasteiger partial charge in [-0.05, 0) is 60.4 Å². The second-order valence-electron chi connectivity index (χ2n) is 5.78. The van der Waals surface area contributed by atoms with Crippen LogP contribution in [0.1, 0.15) is 24.8 Å². The third-order valence-electron chi connectivity index (χ3n) is 4.28. The molecular weight excluding hydrogens is 256 g/mol. The molecule has 21 heavy (non-hydrogen) atoms. The van der Waals surface area contributed by atoms with Gasteiger partial charge < -0.3 is 4.74 Å². The van der Waals surface area contributed by atoms with Gasteiger partial charge in [-0.2, -0.15) is 0 Å². The fourth-order valence-electron chi connectivity index (χ4n) is 2.99. The quantitative estimate of drug-likeness (QED) is 0.693. The lowest BCUT2D eigenvalue weighted by molar-refractivity contribution is 0.415. The van der Waals surface area contributed by atoms with Crippen LogP contribution >= 0.6 is 0 Å². The highest BCUT2D eigenvalue weighted by molar-refractivity contribution is 5.64. The van der Waals surface area contributed by atoms with Crippen molar-refractivity contribution in [1.29, 1.82) is 0 Å². The third kappa shape index (κ3) is 3.55. The van der Waals surface area contributed by atoms with Gasteiger partial charge in [0.1, 0.15) is 5.75 Å². The van der Waals surface area contributed by atoms with Gasteiger partial charge in [0.05, 0.1) is 7.11 Å². The van der Waals surface area contributed by atoms with Crippen LogP contribution in [0, 0.1) is 5.92 Å². The number of hydrogen-bond acceptors (Lipinski definition) is 1. The van der Waals surface area contributed by atoms with Crippen molar-refractivity contribution in [3.63, 3.8) is 0 Å².